The molecule has 0 aromatic carbocycles. The molecule has 1 heterocycles. The van der Waals surface area contributed by atoms with Gasteiger partial charge in [0.15, 0.2) is 0 Å². The Bertz CT molecular complexity index is 735. The fourth-order valence-electron chi connectivity index (χ4n) is 6.38. The Morgan fingerprint density at radius 2 is 1.83 bits per heavy atom. The Hall–Kier alpha value is -1.96. The molecule has 4 aliphatic rings. The SMILES string of the molecule is CCN(CC)CCCNC(=O)c1nn(C23CC4CC(CC(C4)C2)C3)cc1[N+](=O)[O-]. The molecule has 0 aliphatic heterocycles. The Labute approximate surface area is 172 Å². The maximum atomic E-state index is 12.7. The van der Waals surface area contributed by atoms with Crippen LogP contribution in [0.4, 0.5) is 5.69 Å². The van der Waals surface area contributed by atoms with Crippen molar-refractivity contribution < 1.29 is 9.72 Å². The van der Waals surface area contributed by atoms with E-state index in [9.17, 15) is 14.9 Å². The summed E-state index contributed by atoms with van der Waals surface area (Å²) in [5, 5.41) is 19.0. The number of hydrogen-bond donors (Lipinski definition) is 1. The van der Waals surface area contributed by atoms with E-state index in [1.54, 1.807) is 4.68 Å². The standard InChI is InChI=1S/C21H33N5O3/c1-3-24(4-2)7-5-6-22-20(27)19-18(26(28)29)14-25(23-19)21-11-15-8-16(12-21)10-17(9-15)13-21/h14-17H,3-13H2,1-2H3,(H,22,27). The van der Waals surface area contributed by atoms with Gasteiger partial charge in [0.05, 0.1) is 10.5 Å². The van der Waals surface area contributed by atoms with Crippen LogP contribution in [0.3, 0.4) is 0 Å². The van der Waals surface area contributed by atoms with Gasteiger partial charge in [-0.1, -0.05) is 13.8 Å². The van der Waals surface area contributed by atoms with E-state index in [0.717, 1.165) is 45.3 Å². The second kappa shape index (κ2) is 8.05. The van der Waals surface area contributed by atoms with Crippen LogP contribution in [0, 0.1) is 27.9 Å². The summed E-state index contributed by atoms with van der Waals surface area (Å²) < 4.78 is 1.81. The molecular formula is C21H33N5O3. The van der Waals surface area contributed by atoms with Crippen molar-refractivity contribution in [3.63, 3.8) is 0 Å². The van der Waals surface area contributed by atoms with Gasteiger partial charge in [0.2, 0.25) is 5.69 Å². The van der Waals surface area contributed by atoms with E-state index < -0.39 is 10.8 Å². The summed E-state index contributed by atoms with van der Waals surface area (Å²) in [6, 6.07) is 0. The molecule has 4 aliphatic carbocycles. The molecule has 0 unspecified atom stereocenters. The van der Waals surface area contributed by atoms with Crippen LogP contribution in [0.1, 0.15) is 69.3 Å². The summed E-state index contributed by atoms with van der Waals surface area (Å²) in [5.41, 5.74) is -0.323. The van der Waals surface area contributed by atoms with Crippen LogP contribution in [0.15, 0.2) is 6.20 Å². The molecule has 5 rings (SSSR count). The van der Waals surface area contributed by atoms with Gasteiger partial charge in [-0.15, -0.1) is 0 Å². The fraction of sp³-hybridized carbons (Fsp3) is 0.810. The molecule has 4 fully saturated rings. The zero-order valence-corrected chi connectivity index (χ0v) is 17.6. The van der Waals surface area contributed by atoms with Crippen molar-refractivity contribution in [3.8, 4) is 0 Å². The van der Waals surface area contributed by atoms with Crippen molar-refractivity contribution in [3.05, 3.63) is 22.0 Å². The number of amides is 1. The molecular weight excluding hydrogens is 370 g/mol. The highest BCUT2D eigenvalue weighted by Crippen LogP contribution is 2.58. The molecule has 8 heteroatoms. The van der Waals surface area contributed by atoms with E-state index in [2.05, 4.69) is 29.2 Å². The second-order valence-electron chi connectivity index (χ2n) is 9.34. The van der Waals surface area contributed by atoms with E-state index >= 15 is 0 Å². The predicted molar refractivity (Wildman–Crippen MR) is 110 cm³/mol. The van der Waals surface area contributed by atoms with Crippen molar-refractivity contribution in [2.75, 3.05) is 26.2 Å². The molecule has 1 aromatic heterocycles. The fourth-order valence-corrected chi connectivity index (χ4v) is 6.38. The first kappa shape index (κ1) is 20.3. The van der Waals surface area contributed by atoms with Gasteiger partial charge in [-0.05, 0) is 82.3 Å². The third-order valence-electron chi connectivity index (χ3n) is 7.43. The average molecular weight is 404 g/mol. The lowest BCUT2D eigenvalue weighted by molar-refractivity contribution is -0.385. The zero-order chi connectivity index (χ0) is 20.6. The molecule has 8 nitrogen and oxygen atoms in total. The summed E-state index contributed by atoms with van der Waals surface area (Å²) in [6.07, 6.45) is 9.36. The lowest BCUT2D eigenvalue weighted by atomic mass is 9.53. The van der Waals surface area contributed by atoms with E-state index in [1.807, 2.05) is 0 Å². The molecule has 0 spiro atoms. The van der Waals surface area contributed by atoms with Crippen LogP contribution in [-0.2, 0) is 5.54 Å². The minimum Gasteiger partial charge on any atom is -0.350 e. The maximum Gasteiger partial charge on any atom is 0.320 e. The van der Waals surface area contributed by atoms with Gasteiger partial charge < -0.3 is 10.2 Å². The number of hydrogen-bond acceptors (Lipinski definition) is 5. The van der Waals surface area contributed by atoms with Gasteiger partial charge in [0.25, 0.3) is 5.91 Å². The van der Waals surface area contributed by atoms with Gasteiger partial charge in [0.1, 0.15) is 6.20 Å². The predicted octanol–water partition coefficient (Wildman–Crippen LogP) is 3.18. The molecule has 29 heavy (non-hydrogen) atoms. The van der Waals surface area contributed by atoms with E-state index in [-0.39, 0.29) is 16.9 Å². The van der Waals surface area contributed by atoms with E-state index in [4.69, 9.17) is 0 Å². The van der Waals surface area contributed by atoms with Crippen LogP contribution >= 0.6 is 0 Å². The highest BCUT2D eigenvalue weighted by atomic mass is 16.6. The Morgan fingerprint density at radius 1 is 1.24 bits per heavy atom. The van der Waals surface area contributed by atoms with Crippen molar-refractivity contribution in [2.45, 2.75) is 64.3 Å². The monoisotopic (exact) mass is 403 g/mol. The molecule has 1 aromatic rings. The number of nitro groups is 1. The van der Waals surface area contributed by atoms with Crippen LogP contribution in [-0.4, -0.2) is 51.7 Å². The molecule has 160 valence electrons. The molecule has 4 saturated carbocycles. The zero-order valence-electron chi connectivity index (χ0n) is 17.6. The summed E-state index contributed by atoms with van der Waals surface area (Å²) in [7, 11) is 0. The first-order valence-corrected chi connectivity index (χ1v) is 11.2. The second-order valence-corrected chi connectivity index (χ2v) is 9.34. The van der Waals surface area contributed by atoms with Gasteiger partial charge in [0, 0.05) is 6.54 Å². The minimum atomic E-state index is -0.463. The van der Waals surface area contributed by atoms with Gasteiger partial charge in [-0.25, -0.2) is 0 Å². The molecule has 0 saturated heterocycles. The number of carbonyl (C=O) groups is 1. The summed E-state index contributed by atoms with van der Waals surface area (Å²) >= 11 is 0. The minimum absolute atomic E-state index is 0.0337. The summed E-state index contributed by atoms with van der Waals surface area (Å²) in [5.74, 6) is 1.70. The number of carbonyl (C=O) groups excluding carboxylic acids is 1. The van der Waals surface area contributed by atoms with Crippen molar-refractivity contribution in [1.29, 1.82) is 0 Å². The molecule has 4 bridgehead atoms. The van der Waals surface area contributed by atoms with E-state index in [1.165, 1.54) is 25.5 Å². The van der Waals surface area contributed by atoms with Crippen molar-refractivity contribution >= 4 is 11.6 Å². The Balaban J connectivity index is 1.47. The molecule has 1 amide bonds. The van der Waals surface area contributed by atoms with Crippen LogP contribution in [0.2, 0.25) is 0 Å². The number of nitrogens with one attached hydrogen (secondary N) is 1. The Kier molecular flexibility index (Phi) is 5.64. The number of aromatic nitrogens is 2. The highest BCUT2D eigenvalue weighted by molar-refractivity contribution is 5.96. The maximum absolute atomic E-state index is 12.7. The smallest absolute Gasteiger partial charge is 0.320 e. The largest absolute Gasteiger partial charge is 0.350 e. The van der Waals surface area contributed by atoms with Crippen molar-refractivity contribution in [1.82, 2.24) is 20.0 Å². The van der Waals surface area contributed by atoms with Gasteiger partial charge in [-0.2, -0.15) is 5.10 Å². The highest BCUT2D eigenvalue weighted by Gasteiger charge is 2.53. The van der Waals surface area contributed by atoms with Crippen LogP contribution in [0.25, 0.3) is 0 Å². The van der Waals surface area contributed by atoms with Crippen LogP contribution in [0.5, 0.6) is 0 Å². The first-order chi connectivity index (χ1) is 13.9. The van der Waals surface area contributed by atoms with Gasteiger partial charge in [-0.3, -0.25) is 19.6 Å². The summed E-state index contributed by atoms with van der Waals surface area (Å²) in [6.45, 7) is 7.58. The normalized spacial score (nSPS) is 30.1. The quantitative estimate of drug-likeness (QED) is 0.388. The van der Waals surface area contributed by atoms with Crippen molar-refractivity contribution in [2.24, 2.45) is 17.8 Å². The van der Waals surface area contributed by atoms with E-state index in [0.29, 0.717) is 24.3 Å². The Morgan fingerprint density at radius 3 is 2.34 bits per heavy atom. The number of nitrogens with zero attached hydrogens (tertiary/aromatic N) is 4. The average Bonchev–Trinajstić information content (AvgIpc) is 3.14. The molecule has 1 N–H and O–H groups in total. The topological polar surface area (TPSA) is 93.3 Å². The molecule has 0 radical (unpaired) electrons. The van der Waals surface area contributed by atoms with Gasteiger partial charge >= 0.3 is 5.69 Å². The first-order valence-electron chi connectivity index (χ1n) is 11.2. The number of rotatable bonds is 9. The molecule has 0 atom stereocenters. The lowest BCUT2D eigenvalue weighted by Crippen LogP contribution is -2.52. The van der Waals surface area contributed by atoms with Crippen LogP contribution < -0.4 is 5.32 Å². The summed E-state index contributed by atoms with van der Waals surface area (Å²) in [4.78, 5) is 26.1. The lowest BCUT2D eigenvalue weighted by Gasteiger charge is -2.56. The third-order valence-corrected chi connectivity index (χ3v) is 7.43. The third kappa shape index (κ3) is 3.91.